The van der Waals surface area contributed by atoms with E-state index in [4.69, 9.17) is 39.5 Å². The van der Waals surface area contributed by atoms with E-state index in [9.17, 15) is 35.2 Å². The molecule has 0 saturated heterocycles. The number of anilines is 2. The number of aryl methyl sites for hydroxylation is 2. The number of sulfonamides is 2. The second kappa shape index (κ2) is 14.5. The molecule has 0 atom stereocenters. The summed E-state index contributed by atoms with van der Waals surface area (Å²) >= 11 is 17.7. The number of methoxy groups -OCH3 is 1. The number of rotatable bonds is 8. The predicted molar refractivity (Wildman–Crippen MR) is 164 cm³/mol. The third-order valence-electron chi connectivity index (χ3n) is 5.22. The quantitative estimate of drug-likeness (QED) is 0.237. The summed E-state index contributed by atoms with van der Waals surface area (Å²) in [6, 6.07) is 6.98. The van der Waals surface area contributed by atoms with Crippen molar-refractivity contribution in [3.05, 3.63) is 73.6 Å². The van der Waals surface area contributed by atoms with Crippen LogP contribution in [0.25, 0.3) is 5.69 Å². The van der Waals surface area contributed by atoms with E-state index in [1.54, 1.807) is 13.0 Å². The Balaban J connectivity index is 0.000000250. The van der Waals surface area contributed by atoms with Gasteiger partial charge in [0.1, 0.15) is 16.5 Å². The van der Waals surface area contributed by atoms with Gasteiger partial charge in [-0.3, -0.25) is 10.0 Å². The summed E-state index contributed by atoms with van der Waals surface area (Å²) < 4.78 is 82.1. The predicted octanol–water partition coefficient (Wildman–Crippen LogP) is 3.77. The molecule has 0 aliphatic heterocycles. The van der Waals surface area contributed by atoms with Crippen LogP contribution in [0.1, 0.15) is 18.2 Å². The molecule has 0 aliphatic rings. The van der Waals surface area contributed by atoms with Crippen molar-refractivity contribution in [2.45, 2.75) is 25.3 Å². The first-order valence-corrected chi connectivity index (χ1v) is 16.6. The van der Waals surface area contributed by atoms with Crippen LogP contribution in [0, 0.1) is 13.8 Å². The van der Waals surface area contributed by atoms with Gasteiger partial charge in [-0.05, 0) is 38.1 Å². The Morgan fingerprint density at radius 3 is 2.20 bits per heavy atom. The number of hydrogen-bond acceptors (Lipinski definition) is 11. The molecule has 16 nitrogen and oxygen atoms in total. The van der Waals surface area contributed by atoms with E-state index in [0.29, 0.717) is 10.5 Å². The first-order chi connectivity index (χ1) is 21.3. The van der Waals surface area contributed by atoms with E-state index in [0.717, 1.165) is 12.3 Å². The van der Waals surface area contributed by atoms with Crippen molar-refractivity contribution in [3.63, 3.8) is 0 Å². The number of benzene rings is 2. The molecule has 2 amide bonds. The zero-order chi connectivity index (χ0) is 34.6. The summed E-state index contributed by atoms with van der Waals surface area (Å²) in [4.78, 5) is 35.1. The molecule has 46 heavy (non-hydrogen) atoms. The van der Waals surface area contributed by atoms with Gasteiger partial charge in [0.25, 0.3) is 10.0 Å². The summed E-state index contributed by atoms with van der Waals surface area (Å²) in [5.41, 5.74) is -1.27. The lowest BCUT2D eigenvalue weighted by Gasteiger charge is -2.10. The van der Waals surface area contributed by atoms with Crippen LogP contribution in [0.2, 0.25) is 15.1 Å². The van der Waals surface area contributed by atoms with Crippen LogP contribution in [0.5, 0.6) is 6.01 Å². The normalized spacial score (nSPS) is 11.4. The highest BCUT2D eigenvalue weighted by Gasteiger charge is 2.22. The highest BCUT2D eigenvalue weighted by molar-refractivity contribution is 7.92. The third kappa shape index (κ3) is 9.22. The molecule has 0 aliphatic carbocycles. The monoisotopic (exact) mass is 743 g/mol. The van der Waals surface area contributed by atoms with Crippen LogP contribution in [0.4, 0.5) is 25.2 Å². The van der Waals surface area contributed by atoms with Crippen LogP contribution < -0.4 is 25.2 Å². The van der Waals surface area contributed by atoms with Crippen molar-refractivity contribution < 1.29 is 35.1 Å². The van der Waals surface area contributed by atoms with E-state index in [-0.39, 0.29) is 53.7 Å². The molecule has 2 aromatic carbocycles. The van der Waals surface area contributed by atoms with Gasteiger partial charge in [-0.2, -0.15) is 28.4 Å². The topological polar surface area (TPSA) is 209 Å². The fourth-order valence-corrected chi connectivity index (χ4v) is 5.97. The summed E-state index contributed by atoms with van der Waals surface area (Å²) in [6.07, 6.45) is 0.902. The van der Waals surface area contributed by atoms with Gasteiger partial charge in [-0.1, -0.05) is 46.9 Å². The van der Waals surface area contributed by atoms with Crippen LogP contribution in [0.3, 0.4) is 0 Å². The molecule has 2 heterocycles. The van der Waals surface area contributed by atoms with Gasteiger partial charge < -0.3 is 4.74 Å². The summed E-state index contributed by atoms with van der Waals surface area (Å²) in [7, 11) is -6.43. The molecule has 0 fully saturated rings. The molecule has 0 unspecified atom stereocenters. The van der Waals surface area contributed by atoms with E-state index in [1.165, 1.54) is 38.3 Å². The molecule has 248 valence electrons. The van der Waals surface area contributed by atoms with Crippen molar-refractivity contribution in [2.24, 2.45) is 0 Å². The van der Waals surface area contributed by atoms with Crippen LogP contribution in [-0.2, 0) is 20.0 Å². The molecule has 0 spiro atoms. The van der Waals surface area contributed by atoms with Gasteiger partial charge in [-0.25, -0.2) is 35.7 Å². The summed E-state index contributed by atoms with van der Waals surface area (Å²) in [5.74, 6) is -0.0871. The van der Waals surface area contributed by atoms with Crippen molar-refractivity contribution in [1.29, 1.82) is 0 Å². The molecule has 0 radical (unpaired) electrons. The Kier molecular flexibility index (Phi) is 11.5. The fraction of sp³-hybridized carbons (Fsp3) is 0.217. The van der Waals surface area contributed by atoms with Gasteiger partial charge in [0.15, 0.2) is 0 Å². The van der Waals surface area contributed by atoms with Crippen LogP contribution in [-0.4, -0.2) is 65.5 Å². The van der Waals surface area contributed by atoms with Crippen LogP contribution >= 0.6 is 34.8 Å². The standard InChI is InChI=1S/C12H12ClN5O4S.C11H10Cl2F2N4O3S/c1-7-14-10(17-12(15-7)22-2)16-11(19)18-23(20,21)9-6-4-3-5-8(9)13;1-5-16-19(11(20)18(5)10(14)15)9-4-8(17-23(2,21)22)6(12)3-7(9)13/h3-6H,1-2H3,(H2,14,15,16,17,18,19);3-4,10,17H,1-2H3. The lowest BCUT2D eigenvalue weighted by Crippen LogP contribution is -2.35. The number of carbonyl (C=O) groups excluding carboxylic acids is 1. The molecule has 0 bridgehead atoms. The SMILES string of the molecule is COc1nc(C)nc(NC(=O)NS(=O)(=O)c2ccccc2Cl)n1.Cc1nn(-c2cc(NS(C)(=O)=O)c(Cl)cc2Cl)c(=O)n1C(F)F. The average molecular weight is 745 g/mol. The number of nitrogens with zero attached hydrogens (tertiary/aromatic N) is 6. The summed E-state index contributed by atoms with van der Waals surface area (Å²) in [5, 5.41) is 5.81. The van der Waals surface area contributed by atoms with Crippen LogP contribution in [0.15, 0.2) is 46.1 Å². The minimum atomic E-state index is -4.13. The molecule has 3 N–H and O–H groups in total. The highest BCUT2D eigenvalue weighted by atomic mass is 35.5. The molecule has 23 heteroatoms. The Morgan fingerprint density at radius 1 is 0.978 bits per heavy atom. The Bertz CT molecular complexity index is 2060. The zero-order valence-corrected chi connectivity index (χ0v) is 27.7. The third-order valence-corrected chi connectivity index (χ3v) is 8.26. The average Bonchev–Trinajstić information content (AvgIpc) is 3.22. The molecule has 0 saturated carbocycles. The van der Waals surface area contributed by atoms with Gasteiger partial charge in [-0.15, -0.1) is 5.10 Å². The van der Waals surface area contributed by atoms with E-state index in [2.05, 4.69) is 30.1 Å². The van der Waals surface area contributed by atoms with E-state index in [1.807, 2.05) is 4.72 Å². The molecular formula is C23H22Cl3F2N9O7S2. The van der Waals surface area contributed by atoms with Crippen molar-refractivity contribution in [3.8, 4) is 11.7 Å². The second-order valence-electron chi connectivity index (χ2n) is 8.73. The Labute approximate surface area is 274 Å². The van der Waals surface area contributed by atoms with E-state index < -0.39 is 38.3 Å². The summed E-state index contributed by atoms with van der Waals surface area (Å²) in [6.45, 7) is -0.284. The van der Waals surface area contributed by atoms with E-state index >= 15 is 0 Å². The lowest BCUT2D eigenvalue weighted by atomic mass is 10.3. The number of urea groups is 1. The zero-order valence-electron chi connectivity index (χ0n) is 23.8. The highest BCUT2D eigenvalue weighted by Crippen LogP contribution is 2.31. The van der Waals surface area contributed by atoms with Gasteiger partial charge in [0.2, 0.25) is 16.0 Å². The number of ether oxygens (including phenoxy) is 1. The number of alkyl halides is 2. The molecule has 2 aromatic heterocycles. The van der Waals surface area contributed by atoms with Gasteiger partial charge in [0.05, 0.1) is 39.8 Å². The molecule has 4 aromatic rings. The molecular weight excluding hydrogens is 723 g/mol. The molecule has 4 rings (SSSR count). The maximum absolute atomic E-state index is 12.8. The number of hydrogen-bond donors (Lipinski definition) is 3. The number of amides is 2. The number of carbonyl (C=O) groups is 1. The number of nitrogens with one attached hydrogen (secondary N) is 3. The number of halogens is 5. The smallest absolute Gasteiger partial charge is 0.355 e. The fourth-order valence-electron chi connectivity index (χ4n) is 3.41. The minimum absolute atomic E-state index is 0.00882. The van der Waals surface area contributed by atoms with Gasteiger partial charge in [0, 0.05) is 0 Å². The maximum Gasteiger partial charge on any atom is 0.355 e. The second-order valence-corrected chi connectivity index (χ2v) is 13.4. The lowest BCUT2D eigenvalue weighted by molar-refractivity contribution is 0.0640. The Hall–Kier alpha value is -4.11. The first kappa shape index (κ1) is 36.4. The Morgan fingerprint density at radius 2 is 1.63 bits per heavy atom. The number of aromatic nitrogens is 6. The van der Waals surface area contributed by atoms with Crippen molar-refractivity contribution in [1.82, 2.24) is 34.0 Å². The first-order valence-electron chi connectivity index (χ1n) is 12.1. The van der Waals surface area contributed by atoms with Crippen molar-refractivity contribution >= 4 is 72.5 Å². The minimum Gasteiger partial charge on any atom is -0.467 e. The van der Waals surface area contributed by atoms with Gasteiger partial charge >= 0.3 is 24.3 Å². The largest absolute Gasteiger partial charge is 0.467 e. The maximum atomic E-state index is 12.8. The van der Waals surface area contributed by atoms with Crippen molar-refractivity contribution in [2.75, 3.05) is 23.4 Å².